The maximum Gasteiger partial charge on any atom is 0.225 e. The van der Waals surface area contributed by atoms with Gasteiger partial charge in [0.05, 0.1) is 0 Å². The molecule has 0 radical (unpaired) electrons. The molecule has 0 unspecified atom stereocenters. The van der Waals surface area contributed by atoms with Crippen molar-refractivity contribution >= 4 is 17.5 Å². The standard InChI is InChI=1S/C16H18N4O2/c1-3-6-17-16-18-11(2)9-15(20-16)19-12-4-5-13-14(10-12)22-8-7-21-13/h3-5,9-10H,1,6-8H2,2H3,(H2,17,18,19,20). The van der Waals surface area contributed by atoms with E-state index >= 15 is 0 Å². The van der Waals surface area contributed by atoms with E-state index in [9.17, 15) is 0 Å². The molecule has 0 saturated heterocycles. The van der Waals surface area contributed by atoms with Crippen LogP contribution in [0.4, 0.5) is 17.5 Å². The number of fused-ring (bicyclic) bond motifs is 1. The van der Waals surface area contributed by atoms with Crippen molar-refractivity contribution in [1.29, 1.82) is 0 Å². The Kier molecular flexibility index (Phi) is 4.09. The van der Waals surface area contributed by atoms with E-state index in [0.29, 0.717) is 25.7 Å². The summed E-state index contributed by atoms with van der Waals surface area (Å²) < 4.78 is 11.1. The summed E-state index contributed by atoms with van der Waals surface area (Å²) in [4.78, 5) is 8.75. The van der Waals surface area contributed by atoms with Crippen LogP contribution in [0.25, 0.3) is 0 Å². The van der Waals surface area contributed by atoms with Gasteiger partial charge in [-0.1, -0.05) is 6.08 Å². The highest BCUT2D eigenvalue weighted by Gasteiger charge is 2.12. The summed E-state index contributed by atoms with van der Waals surface area (Å²) in [5.74, 6) is 2.80. The molecule has 2 heterocycles. The van der Waals surface area contributed by atoms with Gasteiger partial charge in [-0.15, -0.1) is 6.58 Å². The first-order chi connectivity index (χ1) is 10.7. The van der Waals surface area contributed by atoms with Crippen LogP contribution in [0.1, 0.15) is 5.69 Å². The Balaban J connectivity index is 1.80. The average Bonchev–Trinajstić information content (AvgIpc) is 2.52. The lowest BCUT2D eigenvalue weighted by atomic mass is 10.2. The minimum absolute atomic E-state index is 0.568. The number of benzene rings is 1. The molecule has 1 aliphatic rings. The molecule has 0 bridgehead atoms. The van der Waals surface area contributed by atoms with Gasteiger partial charge in [0.25, 0.3) is 0 Å². The van der Waals surface area contributed by atoms with Gasteiger partial charge >= 0.3 is 0 Å². The van der Waals surface area contributed by atoms with Crippen LogP contribution in [-0.4, -0.2) is 29.7 Å². The molecule has 0 amide bonds. The SMILES string of the molecule is C=CCNc1nc(C)cc(Nc2ccc3c(c2)OCCO3)n1. The van der Waals surface area contributed by atoms with E-state index in [4.69, 9.17) is 9.47 Å². The van der Waals surface area contributed by atoms with E-state index in [1.165, 1.54) is 0 Å². The fraction of sp³-hybridized carbons (Fsp3) is 0.250. The zero-order valence-electron chi connectivity index (χ0n) is 12.4. The number of rotatable bonds is 5. The Morgan fingerprint density at radius 2 is 2.00 bits per heavy atom. The Labute approximate surface area is 129 Å². The molecule has 0 atom stereocenters. The van der Waals surface area contributed by atoms with Gasteiger partial charge in [0.15, 0.2) is 11.5 Å². The van der Waals surface area contributed by atoms with Crippen molar-refractivity contribution in [3.05, 3.63) is 42.6 Å². The number of aryl methyl sites for hydroxylation is 1. The maximum atomic E-state index is 5.58. The molecule has 1 aromatic carbocycles. The normalized spacial score (nSPS) is 12.6. The highest BCUT2D eigenvalue weighted by Crippen LogP contribution is 2.33. The van der Waals surface area contributed by atoms with Crippen LogP contribution in [-0.2, 0) is 0 Å². The van der Waals surface area contributed by atoms with Crippen LogP contribution in [0.2, 0.25) is 0 Å². The van der Waals surface area contributed by atoms with Crippen molar-refractivity contribution in [3.63, 3.8) is 0 Å². The molecule has 114 valence electrons. The lowest BCUT2D eigenvalue weighted by Crippen LogP contribution is -2.15. The van der Waals surface area contributed by atoms with E-state index < -0.39 is 0 Å². The summed E-state index contributed by atoms with van der Waals surface area (Å²) >= 11 is 0. The lowest BCUT2D eigenvalue weighted by Gasteiger charge is -2.19. The molecule has 22 heavy (non-hydrogen) atoms. The summed E-state index contributed by atoms with van der Waals surface area (Å²) in [6, 6.07) is 7.61. The second-order valence-electron chi connectivity index (χ2n) is 4.87. The monoisotopic (exact) mass is 298 g/mol. The van der Waals surface area contributed by atoms with Gasteiger partial charge in [0.2, 0.25) is 5.95 Å². The van der Waals surface area contributed by atoms with E-state index in [1.807, 2.05) is 31.2 Å². The summed E-state index contributed by atoms with van der Waals surface area (Å²) in [6.45, 7) is 7.37. The second kappa shape index (κ2) is 6.34. The first kappa shape index (κ1) is 14.2. The minimum Gasteiger partial charge on any atom is -0.486 e. The van der Waals surface area contributed by atoms with E-state index in [0.717, 1.165) is 28.7 Å². The Morgan fingerprint density at radius 1 is 1.18 bits per heavy atom. The second-order valence-corrected chi connectivity index (χ2v) is 4.87. The summed E-state index contributed by atoms with van der Waals surface area (Å²) in [5.41, 5.74) is 1.76. The molecular formula is C16H18N4O2. The molecule has 0 fully saturated rings. The van der Waals surface area contributed by atoms with Crippen LogP contribution in [0.5, 0.6) is 11.5 Å². The highest BCUT2D eigenvalue weighted by atomic mass is 16.6. The van der Waals surface area contributed by atoms with Crippen LogP contribution in [0, 0.1) is 6.92 Å². The number of hydrogen-bond donors (Lipinski definition) is 2. The molecule has 3 rings (SSSR count). The van der Waals surface area contributed by atoms with Gasteiger partial charge in [-0.25, -0.2) is 4.98 Å². The van der Waals surface area contributed by atoms with Crippen molar-refractivity contribution in [1.82, 2.24) is 9.97 Å². The number of hydrogen-bond acceptors (Lipinski definition) is 6. The molecule has 1 aliphatic heterocycles. The molecule has 2 N–H and O–H groups in total. The molecule has 6 heteroatoms. The molecule has 0 spiro atoms. The highest BCUT2D eigenvalue weighted by molar-refractivity contribution is 5.62. The predicted molar refractivity (Wildman–Crippen MR) is 86.2 cm³/mol. The van der Waals surface area contributed by atoms with Crippen LogP contribution in [0.15, 0.2) is 36.9 Å². The zero-order valence-corrected chi connectivity index (χ0v) is 12.4. The fourth-order valence-electron chi connectivity index (χ4n) is 2.14. The number of nitrogens with one attached hydrogen (secondary N) is 2. The van der Waals surface area contributed by atoms with E-state index in [2.05, 4.69) is 27.2 Å². The number of nitrogens with zero attached hydrogens (tertiary/aromatic N) is 2. The Hall–Kier alpha value is -2.76. The van der Waals surface area contributed by atoms with Crippen molar-refractivity contribution in [2.75, 3.05) is 30.4 Å². The first-order valence-electron chi connectivity index (χ1n) is 7.12. The van der Waals surface area contributed by atoms with Crippen molar-refractivity contribution in [3.8, 4) is 11.5 Å². The third kappa shape index (κ3) is 3.28. The lowest BCUT2D eigenvalue weighted by molar-refractivity contribution is 0.171. The topological polar surface area (TPSA) is 68.3 Å². The van der Waals surface area contributed by atoms with Crippen LogP contribution in [0.3, 0.4) is 0 Å². The number of aromatic nitrogens is 2. The van der Waals surface area contributed by atoms with E-state index in [-0.39, 0.29) is 0 Å². The maximum absolute atomic E-state index is 5.58. The summed E-state index contributed by atoms with van der Waals surface area (Å²) in [5, 5.41) is 6.35. The third-order valence-electron chi connectivity index (χ3n) is 3.07. The zero-order chi connectivity index (χ0) is 15.4. The predicted octanol–water partition coefficient (Wildman–Crippen LogP) is 2.90. The van der Waals surface area contributed by atoms with E-state index in [1.54, 1.807) is 6.08 Å². The fourth-order valence-corrected chi connectivity index (χ4v) is 2.14. The molecule has 0 saturated carbocycles. The van der Waals surface area contributed by atoms with Crippen LogP contribution >= 0.6 is 0 Å². The van der Waals surface area contributed by atoms with Crippen molar-refractivity contribution in [2.45, 2.75) is 6.92 Å². The van der Waals surface area contributed by atoms with Gasteiger partial charge < -0.3 is 20.1 Å². The quantitative estimate of drug-likeness (QED) is 0.827. The number of anilines is 3. The Bertz CT molecular complexity index is 688. The first-order valence-corrected chi connectivity index (χ1v) is 7.12. The Morgan fingerprint density at radius 3 is 2.82 bits per heavy atom. The smallest absolute Gasteiger partial charge is 0.225 e. The van der Waals surface area contributed by atoms with Gasteiger partial charge in [-0.2, -0.15) is 4.98 Å². The molecule has 6 nitrogen and oxygen atoms in total. The molecule has 2 aromatic rings. The van der Waals surface area contributed by atoms with Gasteiger partial charge in [-0.05, 0) is 19.1 Å². The van der Waals surface area contributed by atoms with Gasteiger partial charge in [-0.3, -0.25) is 0 Å². The van der Waals surface area contributed by atoms with Crippen molar-refractivity contribution in [2.24, 2.45) is 0 Å². The van der Waals surface area contributed by atoms with Crippen LogP contribution < -0.4 is 20.1 Å². The third-order valence-corrected chi connectivity index (χ3v) is 3.07. The van der Waals surface area contributed by atoms with Gasteiger partial charge in [0.1, 0.15) is 19.0 Å². The minimum atomic E-state index is 0.568. The van der Waals surface area contributed by atoms with Crippen molar-refractivity contribution < 1.29 is 9.47 Å². The average molecular weight is 298 g/mol. The largest absolute Gasteiger partial charge is 0.486 e. The number of ether oxygens (including phenoxy) is 2. The molecule has 1 aromatic heterocycles. The summed E-state index contributed by atoms with van der Waals surface area (Å²) in [6.07, 6.45) is 1.76. The summed E-state index contributed by atoms with van der Waals surface area (Å²) in [7, 11) is 0. The van der Waals surface area contributed by atoms with Gasteiger partial charge in [0, 0.05) is 30.1 Å². The molecular weight excluding hydrogens is 280 g/mol. The molecule has 0 aliphatic carbocycles.